The second-order valence-corrected chi connectivity index (χ2v) is 10.6. The van der Waals surface area contributed by atoms with Gasteiger partial charge in [0.15, 0.2) is 5.82 Å². The number of amides is 1. The summed E-state index contributed by atoms with van der Waals surface area (Å²) in [4.78, 5) is 30.2. The summed E-state index contributed by atoms with van der Waals surface area (Å²) < 4.78 is 31.9. The van der Waals surface area contributed by atoms with Crippen molar-refractivity contribution in [2.24, 2.45) is 5.92 Å². The third-order valence-corrected chi connectivity index (χ3v) is 7.86. The quantitative estimate of drug-likeness (QED) is 0.279. The van der Waals surface area contributed by atoms with E-state index in [4.69, 9.17) is 5.73 Å². The number of carbonyl (C=O) groups excluding carboxylic acids is 1. The fourth-order valence-corrected chi connectivity index (χ4v) is 5.63. The van der Waals surface area contributed by atoms with Crippen LogP contribution in [0.1, 0.15) is 54.6 Å². The van der Waals surface area contributed by atoms with Crippen LogP contribution in [0.3, 0.4) is 0 Å². The van der Waals surface area contributed by atoms with E-state index >= 15 is 4.39 Å². The number of anilines is 2. The Labute approximate surface area is 234 Å². The van der Waals surface area contributed by atoms with E-state index in [9.17, 15) is 14.0 Å². The van der Waals surface area contributed by atoms with Crippen LogP contribution in [-0.4, -0.2) is 25.1 Å². The number of hydrogen-bond donors (Lipinski definition) is 2. The van der Waals surface area contributed by atoms with Crippen LogP contribution in [0.4, 0.5) is 20.3 Å². The molecule has 0 unspecified atom stereocenters. The number of pyridine rings is 1. The van der Waals surface area contributed by atoms with Crippen molar-refractivity contribution in [3.05, 3.63) is 106 Å². The Morgan fingerprint density at radius 3 is 2.49 bits per heavy atom. The predicted octanol–water partition coefficient (Wildman–Crippen LogP) is 5.95. The lowest BCUT2D eigenvalue weighted by Crippen LogP contribution is -2.27. The first-order valence-corrected chi connectivity index (χ1v) is 13.5. The molecule has 0 bridgehead atoms. The normalized spacial score (nSPS) is 17.0. The number of rotatable bonds is 5. The molecule has 0 spiro atoms. The molecule has 41 heavy (non-hydrogen) atoms. The second kappa shape index (κ2) is 10.6. The van der Waals surface area contributed by atoms with Gasteiger partial charge in [-0.1, -0.05) is 19.8 Å². The largest absolute Gasteiger partial charge is 0.382 e. The Kier molecular flexibility index (Phi) is 6.82. The number of nitrogen functional groups attached to an aromatic ring is 1. The zero-order valence-corrected chi connectivity index (χ0v) is 22.3. The molecule has 8 nitrogen and oxygen atoms in total. The molecule has 0 aliphatic heterocycles. The zero-order valence-electron chi connectivity index (χ0n) is 22.3. The van der Waals surface area contributed by atoms with Crippen LogP contribution in [0.25, 0.3) is 22.3 Å². The first kappa shape index (κ1) is 26.4. The van der Waals surface area contributed by atoms with E-state index in [1.54, 1.807) is 22.7 Å². The molecule has 1 fully saturated rings. The third-order valence-electron chi connectivity index (χ3n) is 7.86. The zero-order chi connectivity index (χ0) is 28.7. The van der Waals surface area contributed by atoms with Gasteiger partial charge in [0.25, 0.3) is 11.5 Å². The van der Waals surface area contributed by atoms with E-state index in [1.165, 1.54) is 53.5 Å². The Morgan fingerprint density at radius 1 is 1.00 bits per heavy atom. The van der Waals surface area contributed by atoms with Gasteiger partial charge in [-0.15, -0.1) is 0 Å². The Morgan fingerprint density at radius 2 is 1.76 bits per heavy atom. The molecular weight excluding hydrogens is 526 g/mol. The molecule has 10 heteroatoms. The number of nitrogens with zero attached hydrogens (tertiary/aromatic N) is 4. The lowest BCUT2D eigenvalue weighted by atomic mass is 9.81. The number of hydrogen-bond acceptors (Lipinski definition) is 5. The highest BCUT2D eigenvalue weighted by Crippen LogP contribution is 2.40. The SMILES string of the molecule is CC1CCC(c2cc(-c3ccc(NC(=O)c4cccn(-c5ccc(F)cc5)c4=O)cc3F)c3c(N)ncnn23)CC1. The summed E-state index contributed by atoms with van der Waals surface area (Å²) in [7, 11) is 0. The van der Waals surface area contributed by atoms with Gasteiger partial charge in [-0.05, 0) is 79.4 Å². The van der Waals surface area contributed by atoms with Crippen molar-refractivity contribution in [2.75, 3.05) is 11.1 Å². The van der Waals surface area contributed by atoms with Crippen molar-refractivity contribution < 1.29 is 13.6 Å². The Hall–Kier alpha value is -4.86. The molecule has 1 aliphatic carbocycles. The molecule has 0 radical (unpaired) electrons. The number of fused-ring (bicyclic) bond motifs is 1. The van der Waals surface area contributed by atoms with Gasteiger partial charge in [-0.3, -0.25) is 14.2 Å². The summed E-state index contributed by atoms with van der Waals surface area (Å²) in [6, 6.07) is 14.6. The van der Waals surface area contributed by atoms with Gasteiger partial charge in [-0.25, -0.2) is 18.3 Å². The van der Waals surface area contributed by atoms with Gasteiger partial charge < -0.3 is 11.1 Å². The van der Waals surface area contributed by atoms with Gasteiger partial charge in [0.05, 0.1) is 0 Å². The maximum atomic E-state index is 15.6. The van der Waals surface area contributed by atoms with Crippen molar-refractivity contribution >= 4 is 22.9 Å². The van der Waals surface area contributed by atoms with Crippen LogP contribution < -0.4 is 16.6 Å². The van der Waals surface area contributed by atoms with Crippen LogP contribution in [0.2, 0.25) is 0 Å². The number of nitrogens with two attached hydrogens (primary N) is 1. The molecule has 3 N–H and O–H groups in total. The van der Waals surface area contributed by atoms with Crippen molar-refractivity contribution in [1.29, 1.82) is 0 Å². The average molecular weight is 555 g/mol. The van der Waals surface area contributed by atoms with E-state index in [-0.39, 0.29) is 23.0 Å². The summed E-state index contributed by atoms with van der Waals surface area (Å²) in [5.41, 5.74) is 8.51. The lowest BCUT2D eigenvalue weighted by molar-refractivity contribution is 0.102. The number of carbonyl (C=O) groups is 1. The lowest BCUT2D eigenvalue weighted by Gasteiger charge is -2.25. The smallest absolute Gasteiger partial charge is 0.267 e. The maximum absolute atomic E-state index is 15.6. The minimum atomic E-state index is -0.695. The van der Waals surface area contributed by atoms with Crippen molar-refractivity contribution in [1.82, 2.24) is 19.2 Å². The summed E-state index contributed by atoms with van der Waals surface area (Å²) in [5.74, 6) is -0.487. The van der Waals surface area contributed by atoms with Crippen molar-refractivity contribution in [2.45, 2.75) is 38.5 Å². The summed E-state index contributed by atoms with van der Waals surface area (Å²) in [6.07, 6.45) is 7.17. The fourth-order valence-electron chi connectivity index (χ4n) is 5.63. The number of halogens is 2. The second-order valence-electron chi connectivity index (χ2n) is 10.6. The molecule has 0 atom stereocenters. The molecule has 1 amide bonds. The predicted molar refractivity (Wildman–Crippen MR) is 153 cm³/mol. The third kappa shape index (κ3) is 4.97. The van der Waals surface area contributed by atoms with Crippen molar-refractivity contribution in [3.8, 4) is 16.8 Å². The van der Waals surface area contributed by atoms with Crippen LogP contribution in [-0.2, 0) is 0 Å². The Bertz CT molecular complexity index is 1820. The molecule has 1 aliphatic rings. The molecule has 5 aromatic rings. The average Bonchev–Trinajstić information content (AvgIpc) is 3.35. The molecule has 3 heterocycles. The standard InChI is InChI=1S/C31H28F2N6O2/c1-18-4-6-19(7-5-18)27-16-25(28-29(34)35-17-36-39(27)28)23-13-10-21(15-26(23)33)37-30(40)24-3-2-14-38(31(24)41)22-11-8-20(32)9-12-22/h2-3,8-19H,4-7H2,1H3,(H,37,40)(H2,34,35,36). The molecule has 2 aromatic carbocycles. The molecule has 208 valence electrons. The van der Waals surface area contributed by atoms with E-state index < -0.39 is 23.1 Å². The van der Waals surface area contributed by atoms with E-state index in [2.05, 4.69) is 22.3 Å². The number of benzene rings is 2. The van der Waals surface area contributed by atoms with Gasteiger partial charge in [0.1, 0.15) is 29.0 Å². The monoisotopic (exact) mass is 554 g/mol. The molecule has 1 saturated carbocycles. The van der Waals surface area contributed by atoms with Gasteiger partial charge in [-0.2, -0.15) is 5.10 Å². The van der Waals surface area contributed by atoms with Gasteiger partial charge in [0, 0.05) is 40.3 Å². The van der Waals surface area contributed by atoms with Crippen LogP contribution >= 0.6 is 0 Å². The van der Waals surface area contributed by atoms with Crippen LogP contribution in [0, 0.1) is 17.6 Å². The van der Waals surface area contributed by atoms with E-state index in [0.29, 0.717) is 28.2 Å². The van der Waals surface area contributed by atoms with E-state index in [1.807, 2.05) is 6.07 Å². The molecular formula is C31H28F2N6O2. The minimum Gasteiger partial charge on any atom is -0.382 e. The van der Waals surface area contributed by atoms with Crippen LogP contribution in [0.5, 0.6) is 0 Å². The van der Waals surface area contributed by atoms with E-state index in [0.717, 1.165) is 31.4 Å². The minimum absolute atomic E-state index is 0.142. The van der Waals surface area contributed by atoms with Gasteiger partial charge in [0.2, 0.25) is 0 Å². The summed E-state index contributed by atoms with van der Waals surface area (Å²) in [5, 5.41) is 7.05. The molecule has 3 aromatic heterocycles. The first-order valence-electron chi connectivity index (χ1n) is 13.5. The van der Waals surface area contributed by atoms with Gasteiger partial charge >= 0.3 is 0 Å². The molecule has 6 rings (SSSR count). The number of nitrogens with one attached hydrogen (secondary N) is 1. The van der Waals surface area contributed by atoms with Crippen molar-refractivity contribution in [3.63, 3.8) is 0 Å². The highest BCUT2D eigenvalue weighted by atomic mass is 19.1. The highest BCUT2D eigenvalue weighted by molar-refractivity contribution is 6.04. The Balaban J connectivity index is 1.30. The summed E-state index contributed by atoms with van der Waals surface area (Å²) >= 11 is 0. The topological polar surface area (TPSA) is 107 Å². The maximum Gasteiger partial charge on any atom is 0.267 e. The molecule has 0 saturated heterocycles. The van der Waals surface area contributed by atoms with Crippen LogP contribution in [0.15, 0.2) is 78.0 Å². The number of aromatic nitrogens is 4. The summed E-state index contributed by atoms with van der Waals surface area (Å²) in [6.45, 7) is 2.26. The fraction of sp³-hybridized carbons (Fsp3) is 0.226. The first-order chi connectivity index (χ1) is 19.8. The highest BCUT2D eigenvalue weighted by Gasteiger charge is 2.26.